The van der Waals surface area contributed by atoms with Gasteiger partial charge in [0.1, 0.15) is 6.54 Å². The number of amides is 1. The van der Waals surface area contributed by atoms with Crippen molar-refractivity contribution in [1.29, 1.82) is 0 Å². The summed E-state index contributed by atoms with van der Waals surface area (Å²) in [6.07, 6.45) is 1.34. The number of aromatic nitrogens is 2. The quantitative estimate of drug-likeness (QED) is 0.692. The molecule has 0 unspecified atom stereocenters. The first kappa shape index (κ1) is 18.1. The molecule has 1 amide bonds. The van der Waals surface area contributed by atoms with E-state index >= 15 is 0 Å². The van der Waals surface area contributed by atoms with Crippen molar-refractivity contribution < 1.29 is 13.6 Å². The molecule has 2 aromatic carbocycles. The molecule has 5 nitrogen and oxygen atoms in total. The number of benzene rings is 2. The minimum absolute atomic E-state index is 0.191. The van der Waals surface area contributed by atoms with Crippen LogP contribution in [0.1, 0.15) is 5.56 Å². The van der Waals surface area contributed by atoms with E-state index in [2.05, 4.69) is 10.3 Å². The van der Waals surface area contributed by atoms with Gasteiger partial charge in [-0.25, -0.2) is 4.98 Å². The number of carbonyl (C=O) groups is 1. The number of nitrogens with one attached hydrogen (secondary N) is 1. The van der Waals surface area contributed by atoms with E-state index in [0.29, 0.717) is 33.2 Å². The van der Waals surface area contributed by atoms with Gasteiger partial charge in [-0.15, -0.1) is 0 Å². The van der Waals surface area contributed by atoms with E-state index in [0.717, 1.165) is 5.56 Å². The highest BCUT2D eigenvalue weighted by Crippen LogP contribution is 2.26. The molecule has 26 heavy (non-hydrogen) atoms. The molecule has 0 saturated carbocycles. The smallest absolute Gasteiger partial charge is 0.288 e. The molecule has 3 aromatic rings. The fraction of sp³-hybridized carbons (Fsp3) is 0.167. The molecule has 0 aliphatic heterocycles. The number of alkyl halides is 2. The summed E-state index contributed by atoms with van der Waals surface area (Å²) in [5.41, 5.74) is 1.67. The van der Waals surface area contributed by atoms with E-state index in [1.807, 2.05) is 13.0 Å². The second-order valence-corrected chi connectivity index (χ2v) is 6.71. The van der Waals surface area contributed by atoms with Gasteiger partial charge in [0.2, 0.25) is 5.91 Å². The van der Waals surface area contributed by atoms with E-state index in [1.54, 1.807) is 12.1 Å². The van der Waals surface area contributed by atoms with Crippen LogP contribution in [0.5, 0.6) is 0 Å². The number of hydrogen-bond donors (Lipinski definition) is 1. The standard InChI is InChI=1S/C18H15F2N3O2S/c1-11-2-7-15-14(8-11)17(25)23(10-21-15)9-16(24)22-12-3-5-13(6-4-12)26-18(19)20/h2-8,10,18H,9H2,1H3,(H,22,24). The van der Waals surface area contributed by atoms with Gasteiger partial charge in [0.25, 0.3) is 11.3 Å². The molecule has 1 aromatic heterocycles. The lowest BCUT2D eigenvalue weighted by atomic mass is 10.2. The topological polar surface area (TPSA) is 64.0 Å². The van der Waals surface area contributed by atoms with E-state index < -0.39 is 11.7 Å². The number of aryl methyl sites for hydroxylation is 1. The SMILES string of the molecule is Cc1ccc2ncn(CC(=O)Nc3ccc(SC(F)F)cc3)c(=O)c2c1. The molecule has 0 aliphatic rings. The summed E-state index contributed by atoms with van der Waals surface area (Å²) < 4.78 is 25.8. The van der Waals surface area contributed by atoms with E-state index in [9.17, 15) is 18.4 Å². The van der Waals surface area contributed by atoms with Crippen molar-refractivity contribution in [2.45, 2.75) is 24.1 Å². The van der Waals surface area contributed by atoms with E-state index in [-0.39, 0.29) is 12.1 Å². The summed E-state index contributed by atoms with van der Waals surface area (Å²) in [6, 6.07) is 11.4. The highest BCUT2D eigenvalue weighted by molar-refractivity contribution is 7.99. The number of thioether (sulfide) groups is 1. The molecule has 1 heterocycles. The summed E-state index contributed by atoms with van der Waals surface area (Å²) in [5, 5.41) is 3.09. The van der Waals surface area contributed by atoms with Crippen molar-refractivity contribution in [3.63, 3.8) is 0 Å². The summed E-state index contributed by atoms with van der Waals surface area (Å²) in [5.74, 6) is -2.90. The van der Waals surface area contributed by atoms with Crippen LogP contribution in [0.15, 0.2) is 58.5 Å². The minimum atomic E-state index is -2.49. The Kier molecular flexibility index (Phi) is 5.32. The lowest BCUT2D eigenvalue weighted by molar-refractivity contribution is -0.116. The first-order valence-corrected chi connectivity index (χ1v) is 8.61. The predicted molar refractivity (Wildman–Crippen MR) is 97.7 cm³/mol. The molecule has 0 radical (unpaired) electrons. The fourth-order valence-electron chi connectivity index (χ4n) is 2.46. The molecule has 8 heteroatoms. The minimum Gasteiger partial charge on any atom is -0.325 e. The Balaban J connectivity index is 1.73. The van der Waals surface area contributed by atoms with Gasteiger partial charge in [0, 0.05) is 10.6 Å². The second-order valence-electron chi connectivity index (χ2n) is 5.65. The van der Waals surface area contributed by atoms with Crippen LogP contribution >= 0.6 is 11.8 Å². The van der Waals surface area contributed by atoms with Crippen LogP contribution in [0.2, 0.25) is 0 Å². The average molecular weight is 375 g/mol. The first-order valence-electron chi connectivity index (χ1n) is 7.73. The Morgan fingerprint density at radius 3 is 2.65 bits per heavy atom. The second kappa shape index (κ2) is 7.65. The van der Waals surface area contributed by atoms with Crippen molar-refractivity contribution in [1.82, 2.24) is 9.55 Å². The average Bonchev–Trinajstić information content (AvgIpc) is 2.59. The number of anilines is 1. The number of halogens is 2. The number of carbonyl (C=O) groups excluding carboxylic acids is 1. The molecule has 0 aliphatic carbocycles. The van der Waals surface area contributed by atoms with Crippen LogP contribution in [0.25, 0.3) is 10.9 Å². The lowest BCUT2D eigenvalue weighted by Crippen LogP contribution is -2.27. The van der Waals surface area contributed by atoms with Crippen LogP contribution in [-0.4, -0.2) is 21.2 Å². The Labute approximate surface area is 152 Å². The summed E-state index contributed by atoms with van der Waals surface area (Å²) in [7, 11) is 0. The maximum Gasteiger partial charge on any atom is 0.288 e. The van der Waals surface area contributed by atoms with Crippen LogP contribution in [0.4, 0.5) is 14.5 Å². The molecule has 0 saturated heterocycles. The normalized spacial score (nSPS) is 11.1. The Bertz CT molecular complexity index is 1000. The van der Waals surface area contributed by atoms with Crippen molar-refractivity contribution in [2.24, 2.45) is 0 Å². The van der Waals surface area contributed by atoms with E-state index in [1.165, 1.54) is 35.2 Å². The highest BCUT2D eigenvalue weighted by Gasteiger charge is 2.10. The summed E-state index contributed by atoms with van der Waals surface area (Å²) in [6.45, 7) is 1.68. The number of fused-ring (bicyclic) bond motifs is 1. The summed E-state index contributed by atoms with van der Waals surface area (Å²) in [4.78, 5) is 29.3. The van der Waals surface area contributed by atoms with Gasteiger partial charge in [-0.2, -0.15) is 8.78 Å². The zero-order valence-corrected chi connectivity index (χ0v) is 14.6. The number of rotatable bonds is 5. The Morgan fingerprint density at radius 1 is 1.23 bits per heavy atom. The van der Waals surface area contributed by atoms with Crippen LogP contribution in [0, 0.1) is 6.92 Å². The van der Waals surface area contributed by atoms with Gasteiger partial charge < -0.3 is 5.32 Å². The van der Waals surface area contributed by atoms with Crippen LogP contribution in [0.3, 0.4) is 0 Å². The molecule has 0 fully saturated rings. The van der Waals surface area contributed by atoms with Gasteiger partial charge in [0.05, 0.1) is 17.2 Å². The Morgan fingerprint density at radius 2 is 1.96 bits per heavy atom. The molecule has 3 rings (SSSR count). The van der Waals surface area contributed by atoms with Gasteiger partial charge in [-0.1, -0.05) is 23.4 Å². The summed E-state index contributed by atoms with van der Waals surface area (Å²) >= 11 is 0.433. The highest BCUT2D eigenvalue weighted by atomic mass is 32.2. The van der Waals surface area contributed by atoms with E-state index in [4.69, 9.17) is 0 Å². The lowest BCUT2D eigenvalue weighted by Gasteiger charge is -2.09. The molecular weight excluding hydrogens is 360 g/mol. The van der Waals surface area contributed by atoms with Gasteiger partial charge >= 0.3 is 0 Å². The maximum atomic E-state index is 12.5. The van der Waals surface area contributed by atoms with Crippen molar-refractivity contribution in [3.8, 4) is 0 Å². The third-order valence-corrected chi connectivity index (χ3v) is 4.38. The number of hydrogen-bond acceptors (Lipinski definition) is 4. The van der Waals surface area contributed by atoms with Crippen molar-refractivity contribution in [2.75, 3.05) is 5.32 Å². The molecule has 0 atom stereocenters. The molecule has 1 N–H and O–H groups in total. The third kappa shape index (κ3) is 4.26. The van der Waals surface area contributed by atoms with Crippen LogP contribution in [-0.2, 0) is 11.3 Å². The fourth-order valence-corrected chi connectivity index (χ4v) is 2.96. The van der Waals surface area contributed by atoms with Crippen molar-refractivity contribution >= 4 is 34.3 Å². The zero-order chi connectivity index (χ0) is 18.7. The molecule has 0 spiro atoms. The molecular formula is C18H15F2N3O2S. The monoisotopic (exact) mass is 375 g/mol. The maximum absolute atomic E-state index is 12.5. The van der Waals surface area contributed by atoms with Crippen molar-refractivity contribution in [3.05, 3.63) is 64.7 Å². The van der Waals surface area contributed by atoms with Gasteiger partial charge in [0.15, 0.2) is 0 Å². The van der Waals surface area contributed by atoms with Gasteiger partial charge in [-0.3, -0.25) is 14.2 Å². The van der Waals surface area contributed by atoms with Gasteiger partial charge in [-0.05, 0) is 43.3 Å². The number of nitrogens with zero attached hydrogens (tertiary/aromatic N) is 2. The first-order chi connectivity index (χ1) is 12.4. The zero-order valence-electron chi connectivity index (χ0n) is 13.8. The predicted octanol–water partition coefficient (Wildman–Crippen LogP) is 3.66. The largest absolute Gasteiger partial charge is 0.325 e. The molecule has 134 valence electrons. The molecule has 0 bridgehead atoms. The van der Waals surface area contributed by atoms with Crippen LogP contribution < -0.4 is 10.9 Å². The third-order valence-electron chi connectivity index (χ3n) is 3.66. The Hall–Kier alpha value is -2.74.